The molecule has 1 amide bonds. The quantitative estimate of drug-likeness (QED) is 0.916. The first-order chi connectivity index (χ1) is 11.6. The number of aromatic nitrogens is 2. The SMILES string of the molecule is CCOC(=O)N1CCn2c(c(O)n(-c3ccc(OC)cc3)c2=O)C1. The lowest BCUT2D eigenvalue weighted by Crippen LogP contribution is -2.41. The second-order valence-corrected chi connectivity index (χ2v) is 5.36. The molecule has 1 aliphatic rings. The average molecular weight is 333 g/mol. The maximum absolute atomic E-state index is 12.6. The van der Waals surface area contributed by atoms with Gasteiger partial charge in [0.15, 0.2) is 0 Å². The molecule has 2 heterocycles. The van der Waals surface area contributed by atoms with Gasteiger partial charge in [-0.25, -0.2) is 14.2 Å². The highest BCUT2D eigenvalue weighted by molar-refractivity contribution is 5.67. The highest BCUT2D eigenvalue weighted by Crippen LogP contribution is 2.25. The van der Waals surface area contributed by atoms with Crippen molar-refractivity contribution >= 4 is 6.09 Å². The second-order valence-electron chi connectivity index (χ2n) is 5.36. The lowest BCUT2D eigenvalue weighted by atomic mass is 10.3. The number of amides is 1. The molecular weight excluding hydrogens is 314 g/mol. The molecule has 24 heavy (non-hydrogen) atoms. The van der Waals surface area contributed by atoms with Gasteiger partial charge in [-0.15, -0.1) is 0 Å². The van der Waals surface area contributed by atoms with Gasteiger partial charge in [0.25, 0.3) is 0 Å². The van der Waals surface area contributed by atoms with Gasteiger partial charge in [0.05, 0.1) is 25.9 Å². The predicted molar refractivity (Wildman–Crippen MR) is 85.7 cm³/mol. The van der Waals surface area contributed by atoms with Crippen molar-refractivity contribution in [1.82, 2.24) is 14.0 Å². The Hall–Kier alpha value is -2.90. The minimum atomic E-state index is -0.451. The number of carbonyl (C=O) groups is 1. The topological polar surface area (TPSA) is 85.9 Å². The number of hydrogen-bond donors (Lipinski definition) is 1. The van der Waals surface area contributed by atoms with E-state index in [4.69, 9.17) is 9.47 Å². The zero-order chi connectivity index (χ0) is 17.3. The van der Waals surface area contributed by atoms with E-state index in [9.17, 15) is 14.7 Å². The van der Waals surface area contributed by atoms with Gasteiger partial charge in [-0.05, 0) is 31.2 Å². The van der Waals surface area contributed by atoms with Gasteiger partial charge in [0.1, 0.15) is 11.4 Å². The van der Waals surface area contributed by atoms with Gasteiger partial charge in [-0.2, -0.15) is 0 Å². The van der Waals surface area contributed by atoms with Crippen LogP contribution in [-0.2, 0) is 17.8 Å². The van der Waals surface area contributed by atoms with E-state index in [1.165, 1.54) is 14.0 Å². The molecule has 0 saturated carbocycles. The van der Waals surface area contributed by atoms with Crippen LogP contribution in [0.15, 0.2) is 29.1 Å². The highest BCUT2D eigenvalue weighted by Gasteiger charge is 2.29. The fraction of sp³-hybridized carbons (Fsp3) is 0.375. The van der Waals surface area contributed by atoms with E-state index in [0.717, 1.165) is 0 Å². The molecule has 2 aromatic rings. The molecule has 3 rings (SSSR count). The average Bonchev–Trinajstić information content (AvgIpc) is 2.86. The third-order valence-corrected chi connectivity index (χ3v) is 4.01. The molecule has 1 aliphatic heterocycles. The summed E-state index contributed by atoms with van der Waals surface area (Å²) in [4.78, 5) is 25.9. The number of nitrogens with zero attached hydrogens (tertiary/aromatic N) is 3. The smallest absolute Gasteiger partial charge is 0.410 e. The largest absolute Gasteiger partial charge is 0.497 e. The number of benzene rings is 1. The summed E-state index contributed by atoms with van der Waals surface area (Å²) < 4.78 is 12.8. The van der Waals surface area contributed by atoms with Gasteiger partial charge in [-0.3, -0.25) is 4.57 Å². The molecule has 1 aromatic carbocycles. The van der Waals surface area contributed by atoms with E-state index in [-0.39, 0.29) is 24.7 Å². The number of fused-ring (bicyclic) bond motifs is 1. The maximum Gasteiger partial charge on any atom is 0.410 e. The van der Waals surface area contributed by atoms with Gasteiger partial charge in [0, 0.05) is 13.1 Å². The summed E-state index contributed by atoms with van der Waals surface area (Å²) in [5.41, 5.74) is 0.592. The molecule has 0 radical (unpaired) electrons. The first-order valence-electron chi connectivity index (χ1n) is 7.66. The molecular formula is C16H19N3O5. The molecule has 128 valence electrons. The molecule has 0 aliphatic carbocycles. The van der Waals surface area contributed by atoms with Crippen molar-refractivity contribution in [1.29, 1.82) is 0 Å². The van der Waals surface area contributed by atoms with Crippen molar-refractivity contribution in [2.75, 3.05) is 20.3 Å². The molecule has 0 saturated heterocycles. The Morgan fingerprint density at radius 2 is 1.96 bits per heavy atom. The minimum Gasteiger partial charge on any atom is -0.497 e. The van der Waals surface area contributed by atoms with E-state index < -0.39 is 6.09 Å². The Balaban J connectivity index is 1.97. The molecule has 0 spiro atoms. The van der Waals surface area contributed by atoms with E-state index in [2.05, 4.69) is 0 Å². The summed E-state index contributed by atoms with van der Waals surface area (Å²) >= 11 is 0. The van der Waals surface area contributed by atoms with Crippen LogP contribution in [0.5, 0.6) is 11.6 Å². The monoisotopic (exact) mass is 333 g/mol. The zero-order valence-corrected chi connectivity index (χ0v) is 13.6. The Kier molecular flexibility index (Phi) is 4.20. The second kappa shape index (κ2) is 6.31. The number of ether oxygens (including phenoxy) is 2. The number of rotatable bonds is 3. The van der Waals surface area contributed by atoms with Gasteiger partial charge < -0.3 is 19.5 Å². The van der Waals surface area contributed by atoms with Crippen molar-refractivity contribution in [2.24, 2.45) is 0 Å². The Morgan fingerprint density at radius 1 is 1.25 bits per heavy atom. The number of hydrogen-bond acceptors (Lipinski definition) is 5. The van der Waals surface area contributed by atoms with Gasteiger partial charge >= 0.3 is 11.8 Å². The van der Waals surface area contributed by atoms with Gasteiger partial charge in [0.2, 0.25) is 5.88 Å². The Morgan fingerprint density at radius 3 is 2.58 bits per heavy atom. The molecule has 0 atom stereocenters. The lowest BCUT2D eigenvalue weighted by molar-refractivity contribution is 0.0964. The van der Waals surface area contributed by atoms with Crippen molar-refractivity contribution in [3.63, 3.8) is 0 Å². The molecule has 0 unspecified atom stereocenters. The Labute approximate surface area is 138 Å². The lowest BCUT2D eigenvalue weighted by Gasteiger charge is -2.26. The van der Waals surface area contributed by atoms with E-state index in [1.54, 1.807) is 38.3 Å². The van der Waals surface area contributed by atoms with Crippen molar-refractivity contribution in [3.05, 3.63) is 40.4 Å². The molecule has 8 nitrogen and oxygen atoms in total. The van der Waals surface area contributed by atoms with Crippen LogP contribution in [0.25, 0.3) is 5.69 Å². The van der Waals surface area contributed by atoms with Crippen LogP contribution >= 0.6 is 0 Å². The first kappa shape index (κ1) is 16.0. The molecule has 0 fully saturated rings. The third-order valence-electron chi connectivity index (χ3n) is 4.01. The standard InChI is InChI=1S/C16H19N3O5/c1-3-24-16(22)17-8-9-18-13(10-17)14(20)19(15(18)21)11-4-6-12(23-2)7-5-11/h4-7,20H,3,8-10H2,1-2H3. The number of imidazole rings is 1. The first-order valence-corrected chi connectivity index (χ1v) is 7.66. The van der Waals surface area contributed by atoms with Crippen LogP contribution < -0.4 is 10.4 Å². The third kappa shape index (κ3) is 2.60. The zero-order valence-electron chi connectivity index (χ0n) is 13.6. The number of methoxy groups -OCH3 is 1. The molecule has 0 bridgehead atoms. The van der Waals surface area contributed by atoms with Crippen LogP contribution in [-0.4, -0.2) is 45.5 Å². The van der Waals surface area contributed by atoms with Crippen LogP contribution in [0.4, 0.5) is 4.79 Å². The minimum absolute atomic E-state index is 0.128. The van der Waals surface area contributed by atoms with Crippen LogP contribution in [0.3, 0.4) is 0 Å². The Bertz CT molecular complexity index is 806. The maximum atomic E-state index is 12.6. The molecule has 1 N–H and O–H groups in total. The normalized spacial score (nSPS) is 13.5. The van der Waals surface area contributed by atoms with Crippen molar-refractivity contribution < 1.29 is 19.4 Å². The fourth-order valence-corrected chi connectivity index (χ4v) is 2.78. The molecule has 8 heteroatoms. The fourth-order valence-electron chi connectivity index (χ4n) is 2.78. The van der Waals surface area contributed by atoms with Gasteiger partial charge in [-0.1, -0.05) is 0 Å². The van der Waals surface area contributed by atoms with E-state index in [1.807, 2.05) is 0 Å². The summed E-state index contributed by atoms with van der Waals surface area (Å²) in [6.07, 6.45) is -0.451. The van der Waals surface area contributed by atoms with Crippen LogP contribution in [0.1, 0.15) is 12.6 Å². The number of aromatic hydroxyl groups is 1. The summed E-state index contributed by atoms with van der Waals surface area (Å²) in [6.45, 7) is 2.81. The molecule has 1 aromatic heterocycles. The van der Waals surface area contributed by atoms with Crippen LogP contribution in [0, 0.1) is 0 Å². The van der Waals surface area contributed by atoms with Crippen LogP contribution in [0.2, 0.25) is 0 Å². The summed E-state index contributed by atoms with van der Waals surface area (Å²) in [5, 5.41) is 10.5. The summed E-state index contributed by atoms with van der Waals surface area (Å²) in [6, 6.07) is 6.80. The summed E-state index contributed by atoms with van der Waals surface area (Å²) in [7, 11) is 1.56. The van der Waals surface area contributed by atoms with E-state index >= 15 is 0 Å². The van der Waals surface area contributed by atoms with E-state index in [0.29, 0.717) is 30.2 Å². The van der Waals surface area contributed by atoms with Crippen molar-refractivity contribution in [3.8, 4) is 17.3 Å². The summed E-state index contributed by atoms with van der Waals surface area (Å²) in [5.74, 6) is 0.489. The predicted octanol–water partition coefficient (Wildman–Crippen LogP) is 1.33. The number of carbonyl (C=O) groups excluding carboxylic acids is 1. The highest BCUT2D eigenvalue weighted by atomic mass is 16.6. The van der Waals surface area contributed by atoms with Crippen molar-refractivity contribution in [2.45, 2.75) is 20.0 Å².